The largest absolute Gasteiger partial charge is 0.450 e. The summed E-state index contributed by atoms with van der Waals surface area (Å²) in [5.41, 5.74) is 4.62. The minimum atomic E-state index is -0.693. The number of rotatable bonds is 4. The van der Waals surface area contributed by atoms with Crippen LogP contribution in [0, 0.1) is 0 Å². The monoisotopic (exact) mass is 204 g/mol. The highest BCUT2D eigenvalue weighted by molar-refractivity contribution is 5.75. The summed E-state index contributed by atoms with van der Waals surface area (Å²) in [5.74, 6) is 0.127. The minimum absolute atomic E-state index is 0.127. The lowest BCUT2D eigenvalue weighted by Crippen LogP contribution is -2.16. The molecule has 0 unspecified atom stereocenters. The summed E-state index contributed by atoms with van der Waals surface area (Å²) in [6, 6.07) is 0. The molecule has 14 heavy (non-hydrogen) atoms. The highest BCUT2D eigenvalue weighted by Gasteiger charge is 1.89. The van der Waals surface area contributed by atoms with E-state index in [9.17, 15) is 9.59 Å². The van der Waals surface area contributed by atoms with Gasteiger partial charge in [0.05, 0.1) is 6.61 Å². The molecule has 0 aliphatic heterocycles. The van der Waals surface area contributed by atoms with E-state index in [1.54, 1.807) is 7.05 Å². The third-order valence-corrected chi connectivity index (χ3v) is 1.20. The van der Waals surface area contributed by atoms with Crippen LogP contribution in [0.25, 0.3) is 0 Å². The molecule has 0 aliphatic rings. The van der Waals surface area contributed by atoms with E-state index >= 15 is 0 Å². The van der Waals surface area contributed by atoms with E-state index in [1.807, 2.05) is 13.8 Å². The summed E-state index contributed by atoms with van der Waals surface area (Å²) >= 11 is 0. The second kappa shape index (κ2) is 11.7. The van der Waals surface area contributed by atoms with Crippen molar-refractivity contribution < 1.29 is 14.3 Å². The van der Waals surface area contributed by atoms with Gasteiger partial charge in [-0.1, -0.05) is 13.8 Å². The van der Waals surface area contributed by atoms with Crippen molar-refractivity contribution in [3.63, 3.8) is 0 Å². The summed E-state index contributed by atoms with van der Waals surface area (Å²) in [4.78, 5) is 20.1. The van der Waals surface area contributed by atoms with E-state index in [-0.39, 0.29) is 5.91 Å². The standard InChI is InChI=1S/C5H11NO.C4H9NO2/c1-3-4-5(7)6-2;1-2-3-7-4(5)6/h3-4H2,1-2H3,(H,6,7);2-3H2,1H3,(H2,5,6). The Morgan fingerprint density at radius 3 is 2.00 bits per heavy atom. The van der Waals surface area contributed by atoms with Gasteiger partial charge in [-0.3, -0.25) is 4.79 Å². The summed E-state index contributed by atoms with van der Waals surface area (Å²) in [6.45, 7) is 4.31. The van der Waals surface area contributed by atoms with Gasteiger partial charge in [0.15, 0.2) is 0 Å². The number of ether oxygens (including phenoxy) is 1. The molecule has 0 aromatic rings. The van der Waals surface area contributed by atoms with Gasteiger partial charge in [-0.2, -0.15) is 0 Å². The van der Waals surface area contributed by atoms with E-state index in [0.29, 0.717) is 13.0 Å². The van der Waals surface area contributed by atoms with Crippen molar-refractivity contribution in [2.45, 2.75) is 33.1 Å². The van der Waals surface area contributed by atoms with Crippen LogP contribution < -0.4 is 11.1 Å². The van der Waals surface area contributed by atoms with Gasteiger partial charge >= 0.3 is 6.09 Å². The number of carbonyl (C=O) groups is 2. The predicted molar refractivity (Wildman–Crippen MR) is 54.8 cm³/mol. The second-order valence-corrected chi connectivity index (χ2v) is 2.59. The smallest absolute Gasteiger partial charge is 0.404 e. The van der Waals surface area contributed by atoms with Crippen LogP contribution in [0.1, 0.15) is 33.1 Å². The van der Waals surface area contributed by atoms with Crippen molar-refractivity contribution in [2.24, 2.45) is 5.73 Å². The molecule has 0 rings (SSSR count). The highest BCUT2D eigenvalue weighted by atomic mass is 16.5. The molecular weight excluding hydrogens is 184 g/mol. The lowest BCUT2D eigenvalue weighted by molar-refractivity contribution is -0.120. The normalized spacial score (nSPS) is 8.21. The van der Waals surface area contributed by atoms with Gasteiger partial charge < -0.3 is 15.8 Å². The Labute approximate surface area is 85.0 Å². The lowest BCUT2D eigenvalue weighted by Gasteiger charge is -1.93. The molecule has 0 saturated carbocycles. The van der Waals surface area contributed by atoms with Gasteiger partial charge in [0.1, 0.15) is 0 Å². The Hall–Kier alpha value is -1.26. The van der Waals surface area contributed by atoms with Crippen LogP contribution in [0.4, 0.5) is 4.79 Å². The number of nitrogens with one attached hydrogen (secondary N) is 1. The third-order valence-electron chi connectivity index (χ3n) is 1.20. The molecule has 0 heterocycles. The molecule has 0 spiro atoms. The summed E-state index contributed by atoms with van der Waals surface area (Å²) in [5, 5.41) is 2.53. The number of nitrogens with two attached hydrogens (primary N) is 1. The molecule has 0 aliphatic carbocycles. The average molecular weight is 204 g/mol. The van der Waals surface area contributed by atoms with Crippen LogP contribution in [0.15, 0.2) is 0 Å². The van der Waals surface area contributed by atoms with Crippen LogP contribution in [0.2, 0.25) is 0 Å². The van der Waals surface area contributed by atoms with E-state index < -0.39 is 6.09 Å². The number of hydrogen-bond acceptors (Lipinski definition) is 3. The maximum Gasteiger partial charge on any atom is 0.404 e. The van der Waals surface area contributed by atoms with Crippen LogP contribution in [-0.2, 0) is 9.53 Å². The van der Waals surface area contributed by atoms with Crippen molar-refractivity contribution in [2.75, 3.05) is 13.7 Å². The first-order valence-corrected chi connectivity index (χ1v) is 4.71. The number of amides is 2. The van der Waals surface area contributed by atoms with Gasteiger partial charge in [-0.25, -0.2) is 4.79 Å². The number of hydrogen-bond donors (Lipinski definition) is 2. The summed E-state index contributed by atoms with van der Waals surface area (Å²) in [6.07, 6.45) is 1.71. The van der Waals surface area contributed by atoms with Crippen molar-refractivity contribution in [1.29, 1.82) is 0 Å². The highest BCUT2D eigenvalue weighted by Crippen LogP contribution is 1.82. The topological polar surface area (TPSA) is 81.4 Å². The van der Waals surface area contributed by atoms with Crippen molar-refractivity contribution in [3.05, 3.63) is 0 Å². The van der Waals surface area contributed by atoms with Crippen LogP contribution in [0.5, 0.6) is 0 Å². The first-order valence-electron chi connectivity index (χ1n) is 4.71. The molecule has 0 fully saturated rings. The van der Waals surface area contributed by atoms with Gasteiger partial charge in [0.25, 0.3) is 0 Å². The third kappa shape index (κ3) is 17.0. The molecule has 0 aromatic heterocycles. The number of carbonyl (C=O) groups excluding carboxylic acids is 2. The molecular formula is C9H20N2O3. The van der Waals surface area contributed by atoms with Gasteiger partial charge in [0.2, 0.25) is 5.91 Å². The van der Waals surface area contributed by atoms with Crippen molar-refractivity contribution in [3.8, 4) is 0 Å². The maximum atomic E-state index is 10.3. The fraction of sp³-hybridized carbons (Fsp3) is 0.778. The molecule has 0 aromatic carbocycles. The molecule has 5 nitrogen and oxygen atoms in total. The second-order valence-electron chi connectivity index (χ2n) is 2.59. The maximum absolute atomic E-state index is 10.3. The molecule has 2 amide bonds. The Balaban J connectivity index is 0. The van der Waals surface area contributed by atoms with Crippen LogP contribution in [0.3, 0.4) is 0 Å². The fourth-order valence-corrected chi connectivity index (χ4v) is 0.555. The van der Waals surface area contributed by atoms with Gasteiger partial charge in [0, 0.05) is 13.5 Å². The number of primary amides is 1. The van der Waals surface area contributed by atoms with Gasteiger partial charge in [-0.05, 0) is 12.8 Å². The molecule has 0 radical (unpaired) electrons. The predicted octanol–water partition coefficient (Wildman–Crippen LogP) is 1.02. The molecule has 0 bridgehead atoms. The van der Waals surface area contributed by atoms with Crippen LogP contribution >= 0.6 is 0 Å². The Kier molecular flexibility index (Phi) is 12.8. The Morgan fingerprint density at radius 2 is 1.86 bits per heavy atom. The first kappa shape index (κ1) is 15.2. The van der Waals surface area contributed by atoms with E-state index in [1.165, 1.54) is 0 Å². The van der Waals surface area contributed by atoms with Gasteiger partial charge in [-0.15, -0.1) is 0 Å². The average Bonchev–Trinajstić information content (AvgIpc) is 2.16. The lowest BCUT2D eigenvalue weighted by atomic mass is 10.3. The molecule has 0 atom stereocenters. The zero-order chi connectivity index (χ0) is 11.4. The molecule has 84 valence electrons. The van der Waals surface area contributed by atoms with E-state index in [0.717, 1.165) is 12.8 Å². The first-order chi connectivity index (χ1) is 6.58. The molecule has 5 heteroatoms. The van der Waals surface area contributed by atoms with Crippen LogP contribution in [-0.4, -0.2) is 25.7 Å². The zero-order valence-corrected chi connectivity index (χ0v) is 9.13. The Bertz CT molecular complexity index is 160. The SMILES string of the molecule is CCCC(=O)NC.CCCOC(N)=O. The fourth-order valence-electron chi connectivity index (χ4n) is 0.555. The summed E-state index contributed by atoms with van der Waals surface area (Å²) < 4.78 is 4.33. The molecule has 3 N–H and O–H groups in total. The van der Waals surface area contributed by atoms with E-state index in [4.69, 9.17) is 0 Å². The quantitative estimate of drug-likeness (QED) is 0.717. The zero-order valence-electron chi connectivity index (χ0n) is 9.13. The molecule has 0 saturated heterocycles. The minimum Gasteiger partial charge on any atom is -0.450 e. The Morgan fingerprint density at radius 1 is 1.29 bits per heavy atom. The van der Waals surface area contributed by atoms with Crippen molar-refractivity contribution >= 4 is 12.0 Å². The summed E-state index contributed by atoms with van der Waals surface area (Å²) in [7, 11) is 1.65. The van der Waals surface area contributed by atoms with E-state index in [2.05, 4.69) is 15.8 Å². The van der Waals surface area contributed by atoms with Crippen molar-refractivity contribution in [1.82, 2.24) is 5.32 Å².